The number of anilines is 1. The molecule has 1 aromatic heterocycles. The van der Waals surface area contributed by atoms with Gasteiger partial charge in [0.25, 0.3) is 5.69 Å². The molecule has 0 amide bonds. The van der Waals surface area contributed by atoms with E-state index in [0.29, 0.717) is 24.7 Å². The van der Waals surface area contributed by atoms with Gasteiger partial charge in [-0.05, 0) is 31.0 Å². The molecule has 180 valence electrons. The molecule has 1 atom stereocenters. The number of hydrogen-bond donors (Lipinski definition) is 1. The van der Waals surface area contributed by atoms with E-state index in [1.165, 1.54) is 16.4 Å². The Labute approximate surface area is 198 Å². The van der Waals surface area contributed by atoms with Crippen molar-refractivity contribution in [2.45, 2.75) is 30.2 Å². The molecule has 34 heavy (non-hydrogen) atoms. The number of sulfonamides is 1. The van der Waals surface area contributed by atoms with Gasteiger partial charge in [0.1, 0.15) is 23.3 Å². The van der Waals surface area contributed by atoms with Crippen LogP contribution in [-0.2, 0) is 17.1 Å². The summed E-state index contributed by atoms with van der Waals surface area (Å²) in [7, 11) is -0.430. The number of imidazole rings is 1. The van der Waals surface area contributed by atoms with Crippen molar-refractivity contribution in [1.82, 2.24) is 13.9 Å². The number of piperidine rings is 1. The van der Waals surface area contributed by atoms with Crippen molar-refractivity contribution in [2.75, 3.05) is 25.5 Å². The normalized spacial score (nSPS) is 15.6. The number of nitrogens with zero attached hydrogens (tertiary/aromatic N) is 4. The van der Waals surface area contributed by atoms with Crippen molar-refractivity contribution in [3.63, 3.8) is 0 Å². The van der Waals surface area contributed by atoms with E-state index in [2.05, 4.69) is 10.3 Å². The van der Waals surface area contributed by atoms with Crippen LogP contribution in [0, 0.1) is 10.1 Å². The first-order valence-corrected chi connectivity index (χ1v) is 12.4. The zero-order valence-electron chi connectivity index (χ0n) is 19.0. The number of nitro groups is 1. The van der Waals surface area contributed by atoms with Crippen molar-refractivity contribution < 1.29 is 18.1 Å². The first-order chi connectivity index (χ1) is 16.3. The van der Waals surface area contributed by atoms with Gasteiger partial charge in [-0.1, -0.05) is 24.6 Å². The van der Waals surface area contributed by atoms with Crippen molar-refractivity contribution in [3.8, 4) is 5.75 Å². The van der Waals surface area contributed by atoms with Gasteiger partial charge in [-0.15, -0.1) is 0 Å². The number of methoxy groups -OCH3 is 1. The molecule has 11 heteroatoms. The van der Waals surface area contributed by atoms with Crippen LogP contribution in [0.1, 0.15) is 36.7 Å². The lowest BCUT2D eigenvalue weighted by Gasteiger charge is -2.26. The lowest BCUT2D eigenvalue weighted by molar-refractivity contribution is -0.384. The van der Waals surface area contributed by atoms with Gasteiger partial charge in [0.15, 0.2) is 0 Å². The molecule has 2 aromatic carbocycles. The van der Waals surface area contributed by atoms with Crippen molar-refractivity contribution in [3.05, 3.63) is 76.4 Å². The number of hydrogen-bond acceptors (Lipinski definition) is 7. The highest BCUT2D eigenvalue weighted by Gasteiger charge is 2.30. The van der Waals surface area contributed by atoms with Gasteiger partial charge in [-0.25, -0.2) is 13.4 Å². The van der Waals surface area contributed by atoms with E-state index in [4.69, 9.17) is 4.74 Å². The van der Waals surface area contributed by atoms with E-state index in [0.717, 1.165) is 30.9 Å². The molecule has 3 aromatic rings. The van der Waals surface area contributed by atoms with Gasteiger partial charge >= 0.3 is 0 Å². The predicted octanol–water partition coefficient (Wildman–Crippen LogP) is 3.71. The summed E-state index contributed by atoms with van der Waals surface area (Å²) < 4.78 is 34.9. The molecule has 1 saturated heterocycles. The Kier molecular flexibility index (Phi) is 6.85. The second-order valence-electron chi connectivity index (χ2n) is 8.12. The summed E-state index contributed by atoms with van der Waals surface area (Å²) in [5.74, 6) is 1.21. The van der Waals surface area contributed by atoms with E-state index in [1.54, 1.807) is 25.6 Å². The van der Waals surface area contributed by atoms with Gasteiger partial charge in [0, 0.05) is 44.2 Å². The van der Waals surface area contributed by atoms with Crippen LogP contribution in [-0.4, -0.2) is 47.4 Å². The van der Waals surface area contributed by atoms with Crippen molar-refractivity contribution >= 4 is 21.4 Å². The first kappa shape index (κ1) is 23.7. The third-order valence-corrected chi connectivity index (χ3v) is 7.88. The SMILES string of the molecule is COc1ccccc1C(Nc1ccc(S(=O)(=O)N2CCCCC2)cc1[N+](=O)[O-])c1nccn1C. The van der Waals surface area contributed by atoms with Crippen LogP contribution in [0.5, 0.6) is 5.75 Å². The molecule has 0 saturated carbocycles. The third kappa shape index (κ3) is 4.62. The maximum absolute atomic E-state index is 13.1. The highest BCUT2D eigenvalue weighted by molar-refractivity contribution is 7.89. The van der Waals surface area contributed by atoms with Gasteiger partial charge in [0.2, 0.25) is 10.0 Å². The zero-order chi connectivity index (χ0) is 24.3. The minimum absolute atomic E-state index is 0.0857. The first-order valence-electron chi connectivity index (χ1n) is 11.0. The molecular formula is C23H27N5O5S. The number of ether oxygens (including phenoxy) is 1. The fourth-order valence-electron chi connectivity index (χ4n) is 4.20. The van der Waals surface area contributed by atoms with E-state index in [-0.39, 0.29) is 16.3 Å². The molecular weight excluding hydrogens is 458 g/mol. The van der Waals surface area contributed by atoms with Crippen LogP contribution in [0.3, 0.4) is 0 Å². The molecule has 1 aliphatic rings. The lowest BCUT2D eigenvalue weighted by Crippen LogP contribution is -2.35. The molecule has 0 bridgehead atoms. The Balaban J connectivity index is 1.76. The summed E-state index contributed by atoms with van der Waals surface area (Å²) in [5, 5.41) is 15.2. The lowest BCUT2D eigenvalue weighted by atomic mass is 10.0. The van der Waals surface area contributed by atoms with Crippen LogP contribution >= 0.6 is 0 Å². The Morgan fingerprint density at radius 2 is 1.88 bits per heavy atom. The van der Waals surface area contributed by atoms with E-state index in [1.807, 2.05) is 29.8 Å². The molecule has 1 aliphatic heterocycles. The van der Waals surface area contributed by atoms with E-state index in [9.17, 15) is 18.5 Å². The minimum Gasteiger partial charge on any atom is -0.496 e. The van der Waals surface area contributed by atoms with Gasteiger partial charge in [-0.2, -0.15) is 4.31 Å². The third-order valence-electron chi connectivity index (χ3n) is 5.99. The van der Waals surface area contributed by atoms with Crippen LogP contribution in [0.25, 0.3) is 0 Å². The topological polar surface area (TPSA) is 120 Å². The van der Waals surface area contributed by atoms with Crippen LogP contribution in [0.15, 0.2) is 59.8 Å². The summed E-state index contributed by atoms with van der Waals surface area (Å²) in [6.07, 6.45) is 5.97. The molecule has 1 unspecified atom stereocenters. The molecule has 4 rings (SSSR count). The molecule has 0 spiro atoms. The van der Waals surface area contributed by atoms with Gasteiger partial charge < -0.3 is 14.6 Å². The van der Waals surface area contributed by atoms with Gasteiger partial charge in [0.05, 0.1) is 16.9 Å². The summed E-state index contributed by atoms with van der Waals surface area (Å²) in [4.78, 5) is 15.8. The highest BCUT2D eigenvalue weighted by atomic mass is 32.2. The van der Waals surface area contributed by atoms with Gasteiger partial charge in [-0.3, -0.25) is 10.1 Å². The molecule has 1 fully saturated rings. The zero-order valence-corrected chi connectivity index (χ0v) is 19.9. The number of rotatable bonds is 8. The van der Waals surface area contributed by atoms with Crippen LogP contribution in [0.4, 0.5) is 11.4 Å². The van der Waals surface area contributed by atoms with E-state index < -0.39 is 21.0 Å². The number of aromatic nitrogens is 2. The highest BCUT2D eigenvalue weighted by Crippen LogP contribution is 2.36. The monoisotopic (exact) mass is 485 g/mol. The Morgan fingerprint density at radius 1 is 1.15 bits per heavy atom. The summed E-state index contributed by atoms with van der Waals surface area (Å²) >= 11 is 0. The minimum atomic E-state index is -3.81. The summed E-state index contributed by atoms with van der Waals surface area (Å²) in [5.41, 5.74) is 0.590. The number of benzene rings is 2. The Hall–Kier alpha value is -3.44. The fourth-order valence-corrected chi connectivity index (χ4v) is 5.73. The molecule has 1 N–H and O–H groups in total. The van der Waals surface area contributed by atoms with E-state index >= 15 is 0 Å². The average Bonchev–Trinajstić information content (AvgIpc) is 3.28. The second-order valence-corrected chi connectivity index (χ2v) is 10.1. The molecule has 0 radical (unpaired) electrons. The molecule has 10 nitrogen and oxygen atoms in total. The Morgan fingerprint density at radius 3 is 2.53 bits per heavy atom. The quantitative estimate of drug-likeness (QED) is 0.381. The second kappa shape index (κ2) is 9.82. The standard InChI is InChI=1S/C23H27N5O5S/c1-26-15-12-24-23(26)22(18-8-4-5-9-21(18)33-2)25-19-11-10-17(16-20(19)28(29)30)34(31,32)27-13-6-3-7-14-27/h4-5,8-12,15-16,22,25H,3,6-7,13-14H2,1-2H3. The summed E-state index contributed by atoms with van der Waals surface area (Å²) in [6.45, 7) is 0.844. The number of nitro benzene ring substituents is 1. The number of nitrogens with one attached hydrogen (secondary N) is 1. The molecule has 0 aliphatic carbocycles. The van der Waals surface area contributed by atoms with Crippen molar-refractivity contribution in [2.24, 2.45) is 7.05 Å². The van der Waals surface area contributed by atoms with Crippen molar-refractivity contribution in [1.29, 1.82) is 0 Å². The fraction of sp³-hybridized carbons (Fsp3) is 0.348. The summed E-state index contributed by atoms with van der Waals surface area (Å²) in [6, 6.07) is 10.7. The molecule has 2 heterocycles. The van der Waals surface area contributed by atoms with Crippen LogP contribution in [0.2, 0.25) is 0 Å². The largest absolute Gasteiger partial charge is 0.496 e. The number of para-hydroxylation sites is 1. The van der Waals surface area contributed by atoms with Crippen LogP contribution < -0.4 is 10.1 Å². The predicted molar refractivity (Wildman–Crippen MR) is 127 cm³/mol. The number of aryl methyl sites for hydroxylation is 1. The Bertz CT molecular complexity index is 1280. The maximum Gasteiger partial charge on any atom is 0.293 e. The maximum atomic E-state index is 13.1. The average molecular weight is 486 g/mol. The smallest absolute Gasteiger partial charge is 0.293 e.